The Morgan fingerprint density at radius 3 is 2.55 bits per heavy atom. The summed E-state index contributed by atoms with van der Waals surface area (Å²) in [6, 6.07) is -1.80. The fraction of sp³-hybridized carbons (Fsp3) is 0.600. The summed E-state index contributed by atoms with van der Waals surface area (Å²) in [4.78, 5) is 24.7. The maximum atomic E-state index is 12.2. The number of rotatable bonds is 5. The van der Waals surface area contributed by atoms with Crippen LogP contribution in [0, 0.1) is 5.92 Å². The number of amides is 3. The minimum atomic E-state index is -4.84. The van der Waals surface area contributed by atoms with E-state index in [2.05, 4.69) is 4.28 Å². The van der Waals surface area contributed by atoms with Gasteiger partial charge in [-0.15, -0.1) is 4.28 Å². The first-order valence-corrected chi connectivity index (χ1v) is 7.40. The van der Waals surface area contributed by atoms with Gasteiger partial charge in [0.2, 0.25) is 5.91 Å². The van der Waals surface area contributed by atoms with Crippen molar-refractivity contribution in [2.45, 2.75) is 25.8 Å². The van der Waals surface area contributed by atoms with E-state index < -0.39 is 28.4 Å². The second kappa shape index (κ2) is 5.04. The van der Waals surface area contributed by atoms with Crippen LogP contribution in [0.1, 0.15) is 19.8 Å². The fourth-order valence-electron chi connectivity index (χ4n) is 2.08. The number of nitrogens with two attached hydrogens (primary N) is 1. The Labute approximate surface area is 115 Å². The molecule has 0 aromatic heterocycles. The molecule has 1 aliphatic carbocycles. The number of primary amides is 1. The molecule has 0 unspecified atom stereocenters. The number of allylic oxidation sites excluding steroid dienone is 1. The van der Waals surface area contributed by atoms with Crippen LogP contribution < -0.4 is 5.73 Å². The molecule has 1 atom stereocenters. The number of nitrogens with zero attached hydrogens (tertiary/aromatic N) is 2. The first kappa shape index (κ1) is 14.8. The lowest BCUT2D eigenvalue weighted by molar-refractivity contribution is -0.122. The fourth-order valence-corrected chi connectivity index (χ4v) is 2.42. The van der Waals surface area contributed by atoms with E-state index in [1.165, 1.54) is 6.08 Å². The lowest BCUT2D eigenvalue weighted by atomic mass is 10.1. The number of carbonyl (C=O) groups is 2. The zero-order valence-electron chi connectivity index (χ0n) is 10.7. The van der Waals surface area contributed by atoms with Gasteiger partial charge < -0.3 is 10.6 Å². The Bertz CT molecular complexity index is 568. The monoisotopic (exact) mass is 305 g/mol. The van der Waals surface area contributed by atoms with Crippen molar-refractivity contribution in [2.24, 2.45) is 11.7 Å². The summed E-state index contributed by atoms with van der Waals surface area (Å²) < 4.78 is 34.8. The van der Waals surface area contributed by atoms with Crippen LogP contribution in [0.3, 0.4) is 0 Å². The van der Waals surface area contributed by atoms with Gasteiger partial charge in [0.15, 0.2) is 0 Å². The van der Waals surface area contributed by atoms with Crippen LogP contribution in [0.25, 0.3) is 0 Å². The highest BCUT2D eigenvalue weighted by Gasteiger charge is 2.43. The van der Waals surface area contributed by atoms with E-state index in [1.54, 1.807) is 6.92 Å². The van der Waals surface area contributed by atoms with Gasteiger partial charge in [-0.3, -0.25) is 9.35 Å². The van der Waals surface area contributed by atoms with Crippen molar-refractivity contribution in [1.82, 2.24) is 9.96 Å². The smallest absolute Gasteiger partial charge is 0.368 e. The molecule has 9 nitrogen and oxygen atoms in total. The van der Waals surface area contributed by atoms with Crippen LogP contribution in [-0.2, 0) is 19.5 Å². The van der Waals surface area contributed by atoms with Crippen LogP contribution in [0.2, 0.25) is 0 Å². The Kier molecular flexibility index (Phi) is 3.71. The second-order valence-corrected chi connectivity index (χ2v) is 5.58. The highest BCUT2D eigenvalue weighted by molar-refractivity contribution is 7.80. The summed E-state index contributed by atoms with van der Waals surface area (Å²) in [5.74, 6) is -0.800. The third-order valence-electron chi connectivity index (χ3n) is 3.11. The van der Waals surface area contributed by atoms with E-state index in [4.69, 9.17) is 10.3 Å². The summed E-state index contributed by atoms with van der Waals surface area (Å²) in [7, 11) is -4.84. The summed E-state index contributed by atoms with van der Waals surface area (Å²) in [5, 5.41) is 0.510. The molecule has 0 spiro atoms. The van der Waals surface area contributed by atoms with Crippen molar-refractivity contribution in [3.63, 3.8) is 0 Å². The van der Waals surface area contributed by atoms with Gasteiger partial charge in [-0.25, -0.2) is 4.79 Å². The second-order valence-electron chi connectivity index (χ2n) is 4.58. The molecule has 0 aromatic carbocycles. The van der Waals surface area contributed by atoms with Gasteiger partial charge in [-0.05, 0) is 25.8 Å². The van der Waals surface area contributed by atoms with E-state index in [9.17, 15) is 18.0 Å². The summed E-state index contributed by atoms with van der Waals surface area (Å²) in [6.45, 7) is 1.74. The zero-order chi connectivity index (χ0) is 15.1. The molecule has 2 aliphatic rings. The molecule has 1 saturated carbocycles. The molecule has 1 fully saturated rings. The lowest BCUT2D eigenvalue weighted by Gasteiger charge is -2.37. The predicted molar refractivity (Wildman–Crippen MR) is 66.0 cm³/mol. The molecule has 0 bridgehead atoms. The van der Waals surface area contributed by atoms with Gasteiger partial charge in [0.05, 0.1) is 5.70 Å². The van der Waals surface area contributed by atoms with E-state index in [-0.39, 0.29) is 18.2 Å². The third kappa shape index (κ3) is 2.92. The van der Waals surface area contributed by atoms with E-state index in [1.807, 2.05) is 0 Å². The molecule has 112 valence electrons. The number of hydrogen-bond donors (Lipinski definition) is 2. The van der Waals surface area contributed by atoms with Crippen LogP contribution in [0.4, 0.5) is 4.79 Å². The zero-order valence-corrected chi connectivity index (χ0v) is 11.5. The molecule has 20 heavy (non-hydrogen) atoms. The molecule has 1 heterocycles. The van der Waals surface area contributed by atoms with E-state index in [0.717, 1.165) is 17.7 Å². The first-order chi connectivity index (χ1) is 9.24. The molecule has 3 N–H and O–H groups in total. The Morgan fingerprint density at radius 1 is 1.55 bits per heavy atom. The predicted octanol–water partition coefficient (Wildman–Crippen LogP) is -0.374. The molecule has 2 rings (SSSR count). The topological polar surface area (TPSA) is 130 Å². The van der Waals surface area contributed by atoms with Crippen molar-refractivity contribution in [3.05, 3.63) is 11.8 Å². The van der Waals surface area contributed by atoms with Gasteiger partial charge >= 0.3 is 16.4 Å². The first-order valence-electron chi connectivity index (χ1n) is 6.03. The molecule has 0 radical (unpaired) electrons. The Hall–Kier alpha value is -1.65. The van der Waals surface area contributed by atoms with Gasteiger partial charge in [0.1, 0.15) is 6.04 Å². The standard InChI is InChI=1S/C10H15N3O6S/c1-2-12-8(9(11)14)5-7(6-3-4-6)13(10(12)15)19-20(16,17)18/h5-6,8H,2-4H2,1H3,(H2,11,14)(H,16,17,18)/t8-/m0/s1. The van der Waals surface area contributed by atoms with Crippen LogP contribution in [0.5, 0.6) is 0 Å². The number of urea groups is 1. The average molecular weight is 305 g/mol. The number of carbonyl (C=O) groups excluding carboxylic acids is 2. The molecule has 0 saturated heterocycles. The molecular weight excluding hydrogens is 290 g/mol. The maximum absolute atomic E-state index is 12.2. The Balaban J connectivity index is 2.41. The number of hydroxylamine groups is 2. The van der Waals surface area contributed by atoms with Crippen molar-refractivity contribution in [3.8, 4) is 0 Å². The minimum Gasteiger partial charge on any atom is -0.368 e. The number of likely N-dealkylation sites (N-methyl/N-ethyl adjacent to an activating group) is 1. The van der Waals surface area contributed by atoms with E-state index >= 15 is 0 Å². The SMILES string of the molecule is CCN1C(=O)N(OS(=O)(=O)O)C(C2CC2)=C[C@H]1C(N)=O. The van der Waals surface area contributed by atoms with Gasteiger partial charge in [-0.2, -0.15) is 13.5 Å². The summed E-state index contributed by atoms with van der Waals surface area (Å²) in [5.41, 5.74) is 5.48. The van der Waals surface area contributed by atoms with Crippen molar-refractivity contribution in [2.75, 3.05) is 6.54 Å². The van der Waals surface area contributed by atoms with Gasteiger partial charge in [0, 0.05) is 12.5 Å². The summed E-state index contributed by atoms with van der Waals surface area (Å²) in [6.07, 6.45) is 2.88. The number of hydrogen-bond acceptors (Lipinski definition) is 5. The molecule has 3 amide bonds. The third-order valence-corrected chi connectivity index (χ3v) is 3.45. The van der Waals surface area contributed by atoms with Gasteiger partial charge in [-0.1, -0.05) is 0 Å². The molecule has 10 heteroatoms. The highest BCUT2D eigenvalue weighted by Crippen LogP contribution is 2.41. The van der Waals surface area contributed by atoms with Crippen LogP contribution in [0.15, 0.2) is 11.8 Å². The van der Waals surface area contributed by atoms with Crippen molar-refractivity contribution in [1.29, 1.82) is 0 Å². The molecular formula is C10H15N3O6S. The van der Waals surface area contributed by atoms with Crippen molar-refractivity contribution >= 4 is 22.3 Å². The van der Waals surface area contributed by atoms with Crippen LogP contribution in [-0.4, -0.2) is 47.5 Å². The summed E-state index contributed by atoms with van der Waals surface area (Å²) >= 11 is 0. The van der Waals surface area contributed by atoms with E-state index in [0.29, 0.717) is 5.06 Å². The Morgan fingerprint density at radius 2 is 2.15 bits per heavy atom. The quantitative estimate of drug-likeness (QED) is 0.666. The lowest BCUT2D eigenvalue weighted by Crippen LogP contribution is -2.55. The van der Waals surface area contributed by atoms with Gasteiger partial charge in [0.25, 0.3) is 0 Å². The maximum Gasteiger partial charge on any atom is 0.419 e. The van der Waals surface area contributed by atoms with Crippen LogP contribution >= 0.6 is 0 Å². The van der Waals surface area contributed by atoms with Crippen molar-refractivity contribution < 1.29 is 26.8 Å². The molecule has 0 aromatic rings. The average Bonchev–Trinajstić information content (AvgIpc) is 3.13. The normalized spacial score (nSPS) is 23.8. The highest BCUT2D eigenvalue weighted by atomic mass is 32.3. The largest absolute Gasteiger partial charge is 0.419 e. The minimum absolute atomic E-state index is 0.0819. The molecule has 1 aliphatic heterocycles.